The quantitative estimate of drug-likeness (QED) is 0.633. The fourth-order valence-corrected chi connectivity index (χ4v) is 2.72. The number of benzene rings is 2. The van der Waals surface area contributed by atoms with Crippen LogP contribution in [0, 0.1) is 10.6 Å². The fraction of sp³-hybridized carbons (Fsp3) is 0.167. The van der Waals surface area contributed by atoms with Gasteiger partial charge in [0.15, 0.2) is 10.6 Å². The molecule has 3 aromatic rings. The predicted octanol–water partition coefficient (Wildman–Crippen LogP) is 3.40. The van der Waals surface area contributed by atoms with Crippen molar-refractivity contribution in [2.75, 3.05) is 19.5 Å². The van der Waals surface area contributed by atoms with Crippen molar-refractivity contribution in [1.82, 2.24) is 14.8 Å². The highest BCUT2D eigenvalue weighted by molar-refractivity contribution is 7.71. The molecule has 0 aliphatic carbocycles. The highest BCUT2D eigenvalue weighted by atomic mass is 32.1. The Balaban J connectivity index is 1.82. The number of H-pyrrole nitrogens is 1. The fourth-order valence-electron chi connectivity index (χ4n) is 2.53. The number of nitrogens with one attached hydrogen (secondary N) is 2. The summed E-state index contributed by atoms with van der Waals surface area (Å²) in [5.74, 6) is 0.648. The van der Waals surface area contributed by atoms with E-state index >= 15 is 0 Å². The molecule has 0 unspecified atom stereocenters. The lowest BCUT2D eigenvalue weighted by atomic mass is 10.2. The molecule has 0 fully saturated rings. The molecule has 3 rings (SSSR count). The van der Waals surface area contributed by atoms with Gasteiger partial charge in [0.2, 0.25) is 5.91 Å². The molecular weight excluding hydrogens is 371 g/mol. The van der Waals surface area contributed by atoms with E-state index in [9.17, 15) is 9.18 Å². The highest BCUT2D eigenvalue weighted by Gasteiger charge is 2.14. The molecule has 0 aliphatic rings. The molecule has 7 nitrogen and oxygen atoms in total. The smallest absolute Gasteiger partial charge is 0.244 e. The summed E-state index contributed by atoms with van der Waals surface area (Å²) in [7, 11) is 2.98. The first-order valence-corrected chi connectivity index (χ1v) is 8.35. The summed E-state index contributed by atoms with van der Waals surface area (Å²) in [5, 5.41) is 9.58. The number of carbonyl (C=O) groups is 1. The number of aromatic nitrogens is 3. The third-order valence-electron chi connectivity index (χ3n) is 3.85. The van der Waals surface area contributed by atoms with Gasteiger partial charge in [0, 0.05) is 11.6 Å². The Labute approximate surface area is 159 Å². The van der Waals surface area contributed by atoms with Crippen LogP contribution < -0.4 is 14.8 Å². The number of halogens is 1. The van der Waals surface area contributed by atoms with Crippen LogP contribution in [-0.2, 0) is 11.3 Å². The van der Waals surface area contributed by atoms with Crippen LogP contribution in [0.25, 0.3) is 11.4 Å². The standard InChI is InChI=1S/C18H17FN4O3S/c1-25-13-6-3-11(4-7-13)17-21-22-18(27)23(17)10-16(24)20-14-8-5-12(19)9-15(14)26-2/h3-9H,10H2,1-2H3,(H,20,24)(H,22,27). The van der Waals surface area contributed by atoms with Crippen LogP contribution in [0.2, 0.25) is 0 Å². The van der Waals surface area contributed by atoms with Crippen molar-refractivity contribution in [3.8, 4) is 22.9 Å². The molecule has 0 saturated heterocycles. The van der Waals surface area contributed by atoms with Crippen molar-refractivity contribution in [3.63, 3.8) is 0 Å². The van der Waals surface area contributed by atoms with Crippen LogP contribution in [-0.4, -0.2) is 34.9 Å². The van der Waals surface area contributed by atoms with Gasteiger partial charge in [-0.1, -0.05) is 0 Å². The molecule has 140 valence electrons. The summed E-state index contributed by atoms with van der Waals surface area (Å²) in [4.78, 5) is 12.5. The van der Waals surface area contributed by atoms with Crippen LogP contribution in [0.3, 0.4) is 0 Å². The van der Waals surface area contributed by atoms with Gasteiger partial charge < -0.3 is 14.8 Å². The molecule has 0 atom stereocenters. The average molecular weight is 388 g/mol. The van der Waals surface area contributed by atoms with Gasteiger partial charge in [-0.3, -0.25) is 14.5 Å². The van der Waals surface area contributed by atoms with E-state index < -0.39 is 5.82 Å². The second kappa shape index (κ2) is 8.00. The Bertz CT molecular complexity index is 1010. The maximum absolute atomic E-state index is 13.3. The van der Waals surface area contributed by atoms with Gasteiger partial charge in [-0.05, 0) is 48.6 Å². The number of anilines is 1. The maximum Gasteiger partial charge on any atom is 0.244 e. The van der Waals surface area contributed by atoms with E-state index in [-0.39, 0.29) is 18.2 Å². The zero-order valence-corrected chi connectivity index (χ0v) is 15.5. The minimum atomic E-state index is -0.455. The molecule has 27 heavy (non-hydrogen) atoms. The molecule has 0 aliphatic heterocycles. The van der Waals surface area contributed by atoms with Crippen LogP contribution in [0.1, 0.15) is 0 Å². The number of nitrogens with zero attached hydrogens (tertiary/aromatic N) is 2. The molecular formula is C18H17FN4O3S. The molecule has 1 aromatic heterocycles. The normalized spacial score (nSPS) is 10.5. The lowest BCUT2D eigenvalue weighted by Gasteiger charge is -2.11. The predicted molar refractivity (Wildman–Crippen MR) is 101 cm³/mol. The molecule has 0 spiro atoms. The first-order valence-electron chi connectivity index (χ1n) is 7.95. The summed E-state index contributed by atoms with van der Waals surface area (Å²) >= 11 is 5.24. The van der Waals surface area contributed by atoms with E-state index in [1.165, 1.54) is 25.3 Å². The van der Waals surface area contributed by atoms with Crippen molar-refractivity contribution in [1.29, 1.82) is 0 Å². The number of carbonyl (C=O) groups excluding carboxylic acids is 1. The molecule has 1 heterocycles. The lowest BCUT2D eigenvalue weighted by Crippen LogP contribution is -2.20. The second-order valence-electron chi connectivity index (χ2n) is 5.56. The third kappa shape index (κ3) is 4.14. The summed E-state index contributed by atoms with van der Waals surface area (Å²) in [6.45, 7) is -0.0722. The van der Waals surface area contributed by atoms with Crippen molar-refractivity contribution in [3.05, 3.63) is 53.1 Å². The Morgan fingerprint density at radius 3 is 2.63 bits per heavy atom. The van der Waals surface area contributed by atoms with Gasteiger partial charge in [-0.15, -0.1) is 0 Å². The Morgan fingerprint density at radius 1 is 1.22 bits per heavy atom. The zero-order valence-electron chi connectivity index (χ0n) is 14.7. The molecule has 9 heteroatoms. The number of ether oxygens (including phenoxy) is 2. The number of methoxy groups -OCH3 is 2. The minimum absolute atomic E-state index is 0.0722. The van der Waals surface area contributed by atoms with E-state index in [4.69, 9.17) is 21.7 Å². The molecule has 0 radical (unpaired) electrons. The SMILES string of the molecule is COc1ccc(-c2n[nH]c(=S)n2CC(=O)Nc2ccc(F)cc2OC)cc1. The number of rotatable bonds is 6. The van der Waals surface area contributed by atoms with Gasteiger partial charge >= 0.3 is 0 Å². The van der Waals surface area contributed by atoms with Crippen LogP contribution in [0.5, 0.6) is 11.5 Å². The molecule has 2 N–H and O–H groups in total. The molecule has 0 saturated carbocycles. The average Bonchev–Trinajstić information content (AvgIpc) is 3.03. The van der Waals surface area contributed by atoms with Gasteiger partial charge in [0.25, 0.3) is 0 Å². The lowest BCUT2D eigenvalue weighted by molar-refractivity contribution is -0.116. The largest absolute Gasteiger partial charge is 0.497 e. The van der Waals surface area contributed by atoms with Crippen LogP contribution in [0.4, 0.5) is 10.1 Å². The van der Waals surface area contributed by atoms with Crippen molar-refractivity contribution in [2.24, 2.45) is 0 Å². The number of hydrogen-bond donors (Lipinski definition) is 2. The zero-order chi connectivity index (χ0) is 19.4. The maximum atomic E-state index is 13.3. The van der Waals surface area contributed by atoms with Crippen molar-refractivity contribution in [2.45, 2.75) is 6.54 Å². The Kier molecular flexibility index (Phi) is 5.51. The van der Waals surface area contributed by atoms with E-state index in [1.54, 1.807) is 23.8 Å². The minimum Gasteiger partial charge on any atom is -0.497 e. The number of hydrogen-bond acceptors (Lipinski definition) is 5. The first kappa shape index (κ1) is 18.6. The van der Waals surface area contributed by atoms with E-state index in [1.807, 2.05) is 12.1 Å². The number of amides is 1. The monoisotopic (exact) mass is 388 g/mol. The van der Waals surface area contributed by atoms with Crippen molar-refractivity contribution >= 4 is 23.8 Å². The van der Waals surface area contributed by atoms with Gasteiger partial charge in [-0.2, -0.15) is 5.10 Å². The Morgan fingerprint density at radius 2 is 1.96 bits per heavy atom. The van der Waals surface area contributed by atoms with Gasteiger partial charge in [0.05, 0.1) is 19.9 Å². The van der Waals surface area contributed by atoms with Gasteiger partial charge in [-0.25, -0.2) is 4.39 Å². The second-order valence-corrected chi connectivity index (χ2v) is 5.95. The number of aromatic amines is 1. The first-order chi connectivity index (χ1) is 13.0. The summed E-state index contributed by atoms with van der Waals surface area (Å²) in [5.41, 5.74) is 1.14. The topological polar surface area (TPSA) is 81.2 Å². The Hall–Kier alpha value is -3.20. The summed E-state index contributed by atoms with van der Waals surface area (Å²) in [6, 6.07) is 11.1. The molecule has 0 bridgehead atoms. The molecule has 1 amide bonds. The summed E-state index contributed by atoms with van der Waals surface area (Å²) in [6.07, 6.45) is 0. The van der Waals surface area contributed by atoms with E-state index in [2.05, 4.69) is 15.5 Å². The van der Waals surface area contributed by atoms with E-state index in [0.717, 1.165) is 5.56 Å². The van der Waals surface area contributed by atoms with Crippen molar-refractivity contribution < 1.29 is 18.7 Å². The highest BCUT2D eigenvalue weighted by Crippen LogP contribution is 2.25. The van der Waals surface area contributed by atoms with Crippen LogP contribution >= 0.6 is 12.2 Å². The molecule has 2 aromatic carbocycles. The third-order valence-corrected chi connectivity index (χ3v) is 4.16. The van der Waals surface area contributed by atoms with Gasteiger partial charge in [0.1, 0.15) is 23.9 Å². The summed E-state index contributed by atoms with van der Waals surface area (Å²) < 4.78 is 25.4. The van der Waals surface area contributed by atoms with Crippen LogP contribution in [0.15, 0.2) is 42.5 Å². The van der Waals surface area contributed by atoms with E-state index in [0.29, 0.717) is 22.0 Å².